The van der Waals surface area contributed by atoms with Crippen molar-refractivity contribution in [3.05, 3.63) is 44.2 Å². The van der Waals surface area contributed by atoms with Crippen LogP contribution in [0.2, 0.25) is 20.2 Å². The Balaban J connectivity index is 2.40. The molecular formula is C13H11Cl4N3. The summed E-state index contributed by atoms with van der Waals surface area (Å²) in [5.74, 6) is 0.618. The summed E-state index contributed by atoms with van der Waals surface area (Å²) < 4.78 is 0. The number of nitrogens with zero attached hydrogens (tertiary/aromatic N) is 2. The van der Waals surface area contributed by atoms with Crippen LogP contribution in [0.25, 0.3) is 0 Å². The third-order valence-electron chi connectivity index (χ3n) is 2.66. The maximum absolute atomic E-state index is 6.14. The topological polar surface area (TPSA) is 37.8 Å². The van der Waals surface area contributed by atoms with Gasteiger partial charge in [-0.15, -0.1) is 0 Å². The molecule has 20 heavy (non-hydrogen) atoms. The molecule has 0 saturated heterocycles. The third-order valence-corrected chi connectivity index (χ3v) is 4.02. The van der Waals surface area contributed by atoms with Crippen LogP contribution in [0.4, 0.5) is 11.5 Å². The lowest BCUT2D eigenvalue weighted by atomic mass is 10.2. The summed E-state index contributed by atoms with van der Waals surface area (Å²) in [5.41, 5.74) is 1.46. The van der Waals surface area contributed by atoms with Crippen molar-refractivity contribution in [3.8, 4) is 0 Å². The minimum absolute atomic E-state index is 0.400. The van der Waals surface area contributed by atoms with E-state index in [0.29, 0.717) is 31.7 Å². The van der Waals surface area contributed by atoms with Gasteiger partial charge in [-0.3, -0.25) is 0 Å². The Labute approximate surface area is 137 Å². The summed E-state index contributed by atoms with van der Waals surface area (Å²) in [6.45, 7) is 2.05. The number of benzene rings is 1. The highest BCUT2D eigenvalue weighted by molar-refractivity contribution is 6.44. The summed E-state index contributed by atoms with van der Waals surface area (Å²) in [5, 5.41) is 4.82. The lowest BCUT2D eigenvalue weighted by molar-refractivity contribution is 0.904. The van der Waals surface area contributed by atoms with Crippen LogP contribution in [0.1, 0.15) is 18.9 Å². The number of rotatable bonds is 4. The zero-order valence-corrected chi connectivity index (χ0v) is 13.6. The van der Waals surface area contributed by atoms with E-state index >= 15 is 0 Å². The second-order valence-corrected chi connectivity index (χ2v) is 5.69. The highest BCUT2D eigenvalue weighted by atomic mass is 35.5. The summed E-state index contributed by atoms with van der Waals surface area (Å²) in [4.78, 5) is 8.19. The van der Waals surface area contributed by atoms with E-state index in [0.717, 1.165) is 18.4 Å². The molecule has 0 amide bonds. The van der Waals surface area contributed by atoms with Crippen LogP contribution in [-0.2, 0) is 6.42 Å². The second-order valence-electron chi connectivity index (χ2n) is 4.11. The van der Waals surface area contributed by atoms with E-state index in [4.69, 9.17) is 46.4 Å². The predicted octanol–water partition coefficient (Wildman–Crippen LogP) is 5.79. The van der Waals surface area contributed by atoms with Gasteiger partial charge in [0.15, 0.2) is 0 Å². The molecular weight excluding hydrogens is 340 g/mol. The average Bonchev–Trinajstić information content (AvgIpc) is 2.40. The van der Waals surface area contributed by atoms with E-state index < -0.39 is 0 Å². The van der Waals surface area contributed by atoms with Gasteiger partial charge in [0.25, 0.3) is 0 Å². The van der Waals surface area contributed by atoms with Crippen molar-refractivity contribution in [2.45, 2.75) is 19.8 Å². The molecule has 1 N–H and O–H groups in total. The molecule has 106 valence electrons. The molecule has 0 aliphatic rings. The summed E-state index contributed by atoms with van der Waals surface area (Å²) >= 11 is 24.1. The Hall–Kier alpha value is -0.740. The minimum Gasteiger partial charge on any atom is -0.339 e. The Morgan fingerprint density at radius 1 is 1.00 bits per heavy atom. The minimum atomic E-state index is 0.400. The quantitative estimate of drug-likeness (QED) is 0.560. The van der Waals surface area contributed by atoms with Gasteiger partial charge < -0.3 is 5.32 Å². The molecule has 2 rings (SSSR count). The molecule has 0 aliphatic heterocycles. The first-order valence-corrected chi connectivity index (χ1v) is 7.45. The number of nitrogens with one attached hydrogen (secondary N) is 1. The van der Waals surface area contributed by atoms with Gasteiger partial charge in [0.2, 0.25) is 0 Å². The van der Waals surface area contributed by atoms with Gasteiger partial charge in [-0.05, 0) is 18.6 Å². The van der Waals surface area contributed by atoms with Gasteiger partial charge in [0.1, 0.15) is 17.3 Å². The Morgan fingerprint density at radius 2 is 1.70 bits per heavy atom. The lowest BCUT2D eigenvalue weighted by Gasteiger charge is -2.13. The van der Waals surface area contributed by atoms with Gasteiger partial charge in [-0.2, -0.15) is 0 Å². The zero-order chi connectivity index (χ0) is 14.7. The highest BCUT2D eigenvalue weighted by Gasteiger charge is 2.12. The van der Waals surface area contributed by atoms with Crippen LogP contribution in [-0.4, -0.2) is 9.97 Å². The van der Waals surface area contributed by atoms with E-state index in [-0.39, 0.29) is 0 Å². The van der Waals surface area contributed by atoms with E-state index in [2.05, 4.69) is 22.2 Å². The van der Waals surface area contributed by atoms with Crippen LogP contribution in [0.3, 0.4) is 0 Å². The van der Waals surface area contributed by atoms with Crippen LogP contribution in [0.15, 0.2) is 18.5 Å². The second kappa shape index (κ2) is 6.81. The van der Waals surface area contributed by atoms with Gasteiger partial charge in [0.05, 0.1) is 20.8 Å². The largest absolute Gasteiger partial charge is 0.339 e. The zero-order valence-electron chi connectivity index (χ0n) is 10.6. The van der Waals surface area contributed by atoms with Crippen molar-refractivity contribution in [2.24, 2.45) is 0 Å². The lowest BCUT2D eigenvalue weighted by Crippen LogP contribution is -2.02. The van der Waals surface area contributed by atoms with Crippen LogP contribution < -0.4 is 5.32 Å². The molecule has 1 aromatic carbocycles. The highest BCUT2D eigenvalue weighted by Crippen LogP contribution is 2.34. The van der Waals surface area contributed by atoms with Crippen molar-refractivity contribution < 1.29 is 0 Å². The van der Waals surface area contributed by atoms with E-state index in [1.807, 2.05) is 0 Å². The normalized spacial score (nSPS) is 10.7. The van der Waals surface area contributed by atoms with E-state index in [1.165, 1.54) is 6.33 Å². The van der Waals surface area contributed by atoms with Gasteiger partial charge in [-0.1, -0.05) is 59.7 Å². The molecule has 0 radical (unpaired) electrons. The molecule has 3 nitrogen and oxygen atoms in total. The van der Waals surface area contributed by atoms with Crippen molar-refractivity contribution in [2.75, 3.05) is 5.32 Å². The Kier molecular flexibility index (Phi) is 5.33. The van der Waals surface area contributed by atoms with Crippen molar-refractivity contribution in [1.82, 2.24) is 9.97 Å². The third kappa shape index (κ3) is 3.47. The molecule has 1 aromatic heterocycles. The molecule has 0 aliphatic carbocycles. The van der Waals surface area contributed by atoms with Crippen molar-refractivity contribution in [3.63, 3.8) is 0 Å². The molecule has 0 unspecified atom stereocenters. The van der Waals surface area contributed by atoms with Gasteiger partial charge in [-0.25, -0.2) is 9.97 Å². The fourth-order valence-corrected chi connectivity index (χ4v) is 2.54. The molecule has 0 fully saturated rings. The molecule has 0 saturated carbocycles. The first-order valence-electron chi connectivity index (χ1n) is 5.93. The number of hydrogen-bond acceptors (Lipinski definition) is 3. The Morgan fingerprint density at radius 3 is 2.40 bits per heavy atom. The molecule has 0 spiro atoms. The molecule has 2 aromatic rings. The van der Waals surface area contributed by atoms with Crippen molar-refractivity contribution in [1.29, 1.82) is 0 Å². The smallest absolute Gasteiger partial charge is 0.138 e. The molecule has 7 heteroatoms. The number of hydrogen-bond donors (Lipinski definition) is 1. The SMILES string of the molecule is CCCc1c(Cl)ncnc1Nc1cc(Cl)c(Cl)cc1Cl. The van der Waals surface area contributed by atoms with Crippen LogP contribution in [0.5, 0.6) is 0 Å². The van der Waals surface area contributed by atoms with Gasteiger partial charge in [0, 0.05) is 5.56 Å². The van der Waals surface area contributed by atoms with Gasteiger partial charge >= 0.3 is 0 Å². The van der Waals surface area contributed by atoms with Crippen LogP contribution >= 0.6 is 46.4 Å². The van der Waals surface area contributed by atoms with Crippen molar-refractivity contribution >= 4 is 57.9 Å². The first-order chi connectivity index (χ1) is 9.52. The number of anilines is 2. The van der Waals surface area contributed by atoms with Crippen LogP contribution in [0, 0.1) is 0 Å². The number of halogens is 4. The fourth-order valence-electron chi connectivity index (χ4n) is 1.72. The standard InChI is InChI=1S/C13H11Cl4N3/c1-2-3-7-12(17)18-6-19-13(7)20-11-5-9(15)8(14)4-10(11)16/h4-6H,2-3H2,1H3,(H,18,19,20). The molecule has 0 atom stereocenters. The summed E-state index contributed by atoms with van der Waals surface area (Å²) in [7, 11) is 0. The van der Waals surface area contributed by atoms with E-state index in [9.17, 15) is 0 Å². The number of aromatic nitrogens is 2. The summed E-state index contributed by atoms with van der Waals surface area (Å²) in [6, 6.07) is 3.23. The maximum Gasteiger partial charge on any atom is 0.138 e. The maximum atomic E-state index is 6.14. The fraction of sp³-hybridized carbons (Fsp3) is 0.231. The average molecular weight is 351 g/mol. The summed E-state index contributed by atoms with van der Waals surface area (Å²) in [6.07, 6.45) is 3.09. The first kappa shape index (κ1) is 15.6. The molecule has 1 heterocycles. The Bertz CT molecular complexity index is 631. The van der Waals surface area contributed by atoms with E-state index in [1.54, 1.807) is 12.1 Å². The predicted molar refractivity (Wildman–Crippen MR) is 85.8 cm³/mol. The monoisotopic (exact) mass is 349 g/mol. The molecule has 0 bridgehead atoms.